The van der Waals surface area contributed by atoms with Crippen LogP contribution in [0.15, 0.2) is 53.4 Å². The Labute approximate surface area is 154 Å². The summed E-state index contributed by atoms with van der Waals surface area (Å²) in [6.45, 7) is 4.43. The highest BCUT2D eigenvalue weighted by molar-refractivity contribution is 7.89. The van der Waals surface area contributed by atoms with Crippen LogP contribution < -0.4 is 4.74 Å². The summed E-state index contributed by atoms with van der Waals surface area (Å²) in [5.74, 6) is 0.629. The van der Waals surface area contributed by atoms with Crippen LogP contribution in [0.5, 0.6) is 5.75 Å². The Hall–Kier alpha value is -2.18. The lowest BCUT2D eigenvalue weighted by Gasteiger charge is -2.25. The molecule has 1 aliphatic heterocycles. The summed E-state index contributed by atoms with van der Waals surface area (Å²) >= 11 is 0. The summed E-state index contributed by atoms with van der Waals surface area (Å²) in [5.41, 5.74) is 1.36. The highest BCUT2D eigenvalue weighted by Gasteiger charge is 2.36. The molecule has 0 aliphatic carbocycles. The van der Waals surface area contributed by atoms with Crippen molar-refractivity contribution in [2.24, 2.45) is 0 Å². The third-order valence-electron chi connectivity index (χ3n) is 4.63. The van der Waals surface area contributed by atoms with E-state index >= 15 is 0 Å². The van der Waals surface area contributed by atoms with Crippen LogP contribution in [0.1, 0.15) is 48.7 Å². The molecule has 1 unspecified atom stereocenters. The quantitative estimate of drug-likeness (QED) is 0.722. The van der Waals surface area contributed by atoms with Gasteiger partial charge in [-0.25, -0.2) is 8.42 Å². The lowest BCUT2D eigenvalue weighted by atomic mass is 10.1. The van der Waals surface area contributed by atoms with Crippen LogP contribution >= 0.6 is 0 Å². The van der Waals surface area contributed by atoms with E-state index in [-0.39, 0.29) is 16.7 Å². The number of rotatable bonds is 6. The highest BCUT2D eigenvalue weighted by atomic mass is 32.2. The molecule has 0 N–H and O–H groups in total. The van der Waals surface area contributed by atoms with Crippen molar-refractivity contribution >= 4 is 15.8 Å². The van der Waals surface area contributed by atoms with E-state index in [1.165, 1.54) is 13.0 Å². The van der Waals surface area contributed by atoms with E-state index in [1.54, 1.807) is 22.5 Å². The molecule has 0 amide bonds. The van der Waals surface area contributed by atoms with Crippen molar-refractivity contribution in [2.75, 3.05) is 13.2 Å². The zero-order valence-corrected chi connectivity index (χ0v) is 15.8. The van der Waals surface area contributed by atoms with E-state index in [9.17, 15) is 13.2 Å². The van der Waals surface area contributed by atoms with Crippen molar-refractivity contribution in [2.45, 2.75) is 37.6 Å². The van der Waals surface area contributed by atoms with Gasteiger partial charge in [0.1, 0.15) is 5.75 Å². The van der Waals surface area contributed by atoms with Gasteiger partial charge in [0.05, 0.1) is 17.5 Å². The van der Waals surface area contributed by atoms with Gasteiger partial charge in [0, 0.05) is 12.1 Å². The van der Waals surface area contributed by atoms with Crippen molar-refractivity contribution in [1.82, 2.24) is 4.31 Å². The molecule has 1 saturated heterocycles. The van der Waals surface area contributed by atoms with Crippen molar-refractivity contribution < 1.29 is 17.9 Å². The minimum absolute atomic E-state index is 0.147. The number of sulfonamides is 1. The van der Waals surface area contributed by atoms with Crippen LogP contribution in [0.4, 0.5) is 0 Å². The monoisotopic (exact) mass is 373 g/mol. The van der Waals surface area contributed by atoms with Gasteiger partial charge in [-0.05, 0) is 56.5 Å². The summed E-state index contributed by atoms with van der Waals surface area (Å²) in [7, 11) is -3.66. The predicted octanol–water partition coefficient (Wildman–Crippen LogP) is 3.81. The number of ketones is 1. The molecular formula is C20H23NO4S. The smallest absolute Gasteiger partial charge is 0.243 e. The fraction of sp³-hybridized carbons (Fsp3) is 0.350. The molecule has 0 saturated carbocycles. The molecule has 1 atom stereocenters. The maximum Gasteiger partial charge on any atom is 0.243 e. The first kappa shape index (κ1) is 18.6. The van der Waals surface area contributed by atoms with Crippen LogP contribution in [-0.2, 0) is 10.0 Å². The standard InChI is InChI=1S/C20H23NO4S/c1-3-25-18-11-9-16(10-12-18)20-8-5-13-21(20)26(23,24)19-7-4-6-17(14-19)15(2)22/h4,6-7,9-12,14,20H,3,5,8,13H2,1-2H3. The van der Waals surface area contributed by atoms with Crippen molar-refractivity contribution in [1.29, 1.82) is 0 Å². The zero-order valence-electron chi connectivity index (χ0n) is 15.0. The summed E-state index contributed by atoms with van der Waals surface area (Å²) in [6.07, 6.45) is 1.59. The molecule has 0 aromatic heterocycles. The second-order valence-corrected chi connectivity index (χ2v) is 8.25. The minimum atomic E-state index is -3.66. The number of Topliss-reactive ketones (excluding diaryl/α,β-unsaturated/α-hetero) is 1. The fourth-order valence-electron chi connectivity index (χ4n) is 3.32. The molecule has 26 heavy (non-hydrogen) atoms. The van der Waals surface area contributed by atoms with Crippen LogP contribution in [0.3, 0.4) is 0 Å². The molecule has 2 aromatic carbocycles. The Morgan fingerprint density at radius 2 is 1.92 bits per heavy atom. The Morgan fingerprint density at radius 1 is 1.19 bits per heavy atom. The average Bonchev–Trinajstić information content (AvgIpc) is 3.13. The molecule has 6 heteroatoms. The maximum atomic E-state index is 13.2. The summed E-state index contributed by atoms with van der Waals surface area (Å²) < 4.78 is 33.3. The highest BCUT2D eigenvalue weighted by Crippen LogP contribution is 2.37. The van der Waals surface area contributed by atoms with Gasteiger partial charge < -0.3 is 4.74 Å². The SMILES string of the molecule is CCOc1ccc(C2CCCN2S(=O)(=O)c2cccc(C(C)=O)c2)cc1. The Balaban J connectivity index is 1.91. The van der Waals surface area contributed by atoms with Gasteiger partial charge in [0.25, 0.3) is 0 Å². The topological polar surface area (TPSA) is 63.7 Å². The van der Waals surface area contributed by atoms with E-state index < -0.39 is 10.0 Å². The molecule has 2 aromatic rings. The molecule has 0 radical (unpaired) electrons. The first-order valence-electron chi connectivity index (χ1n) is 8.79. The first-order valence-corrected chi connectivity index (χ1v) is 10.2. The van der Waals surface area contributed by atoms with Gasteiger partial charge in [-0.1, -0.05) is 24.3 Å². The van der Waals surface area contributed by atoms with Gasteiger partial charge in [-0.15, -0.1) is 0 Å². The van der Waals surface area contributed by atoms with E-state index in [0.29, 0.717) is 18.7 Å². The molecule has 3 rings (SSSR count). The molecule has 5 nitrogen and oxygen atoms in total. The second kappa shape index (κ2) is 7.60. The van der Waals surface area contributed by atoms with Gasteiger partial charge in [0.2, 0.25) is 10.0 Å². The largest absolute Gasteiger partial charge is 0.494 e. The molecule has 1 aliphatic rings. The van der Waals surface area contributed by atoms with Crippen LogP contribution in [0.2, 0.25) is 0 Å². The predicted molar refractivity (Wildman–Crippen MR) is 99.9 cm³/mol. The van der Waals surface area contributed by atoms with Crippen LogP contribution in [0.25, 0.3) is 0 Å². The first-order chi connectivity index (χ1) is 12.4. The average molecular weight is 373 g/mol. The summed E-state index contributed by atoms with van der Waals surface area (Å²) in [5, 5.41) is 0. The summed E-state index contributed by atoms with van der Waals surface area (Å²) in [6, 6.07) is 13.7. The molecule has 138 valence electrons. The lowest BCUT2D eigenvalue weighted by Crippen LogP contribution is -2.30. The van der Waals surface area contributed by atoms with E-state index in [2.05, 4.69) is 0 Å². The van der Waals surface area contributed by atoms with Gasteiger partial charge in [-0.2, -0.15) is 4.31 Å². The normalized spacial score (nSPS) is 18.0. The van der Waals surface area contributed by atoms with E-state index in [0.717, 1.165) is 24.2 Å². The van der Waals surface area contributed by atoms with Gasteiger partial charge >= 0.3 is 0 Å². The molecule has 0 spiro atoms. The zero-order chi connectivity index (χ0) is 18.7. The number of nitrogens with zero attached hydrogens (tertiary/aromatic N) is 1. The number of hydrogen-bond acceptors (Lipinski definition) is 4. The molecule has 1 fully saturated rings. The van der Waals surface area contributed by atoms with Gasteiger partial charge in [0.15, 0.2) is 5.78 Å². The van der Waals surface area contributed by atoms with Crippen LogP contribution in [0, 0.1) is 0 Å². The van der Waals surface area contributed by atoms with Crippen LogP contribution in [-0.4, -0.2) is 31.7 Å². The van der Waals surface area contributed by atoms with Crippen molar-refractivity contribution in [3.63, 3.8) is 0 Å². The maximum absolute atomic E-state index is 13.2. The third-order valence-corrected chi connectivity index (χ3v) is 6.53. The molecule has 0 bridgehead atoms. The van der Waals surface area contributed by atoms with Gasteiger partial charge in [-0.3, -0.25) is 4.79 Å². The van der Waals surface area contributed by atoms with Crippen molar-refractivity contribution in [3.05, 3.63) is 59.7 Å². The molecule has 1 heterocycles. The number of carbonyl (C=O) groups excluding carboxylic acids is 1. The van der Waals surface area contributed by atoms with E-state index in [4.69, 9.17) is 4.74 Å². The second-order valence-electron chi connectivity index (χ2n) is 6.36. The minimum Gasteiger partial charge on any atom is -0.494 e. The number of carbonyl (C=O) groups is 1. The molecular weight excluding hydrogens is 350 g/mol. The Bertz CT molecular complexity index is 890. The fourth-order valence-corrected chi connectivity index (χ4v) is 5.05. The Kier molecular flexibility index (Phi) is 5.44. The third kappa shape index (κ3) is 3.66. The van der Waals surface area contributed by atoms with Crippen molar-refractivity contribution in [3.8, 4) is 5.75 Å². The Morgan fingerprint density at radius 3 is 2.58 bits per heavy atom. The summed E-state index contributed by atoms with van der Waals surface area (Å²) in [4.78, 5) is 11.8. The number of benzene rings is 2. The lowest BCUT2D eigenvalue weighted by molar-refractivity contribution is 0.101. The number of hydrogen-bond donors (Lipinski definition) is 0. The number of ether oxygens (including phenoxy) is 1. The van der Waals surface area contributed by atoms with E-state index in [1.807, 2.05) is 31.2 Å².